The van der Waals surface area contributed by atoms with Crippen LogP contribution in [0.1, 0.15) is 27.2 Å². The van der Waals surface area contributed by atoms with E-state index in [1.165, 1.54) is 0 Å². The smallest absolute Gasteiger partial charge is 0.102 e. The van der Waals surface area contributed by atoms with Crippen molar-refractivity contribution in [3.05, 3.63) is 0 Å². The molecule has 0 saturated heterocycles. The van der Waals surface area contributed by atoms with Crippen LogP contribution in [0.2, 0.25) is 0 Å². The van der Waals surface area contributed by atoms with Crippen LogP contribution in [0.25, 0.3) is 0 Å². The molecule has 0 spiro atoms. The van der Waals surface area contributed by atoms with E-state index in [2.05, 4.69) is 26.1 Å². The summed E-state index contributed by atoms with van der Waals surface area (Å²) < 4.78 is 11.7. The van der Waals surface area contributed by atoms with Crippen LogP contribution in [0.4, 0.5) is 4.39 Å². The molecule has 1 nitrogen and oxygen atoms in total. The first-order valence-electron chi connectivity index (χ1n) is 4.01. The van der Waals surface area contributed by atoms with Gasteiger partial charge in [-0.15, -0.1) is 0 Å². The Morgan fingerprint density at radius 3 is 2.40 bits per heavy atom. The van der Waals surface area contributed by atoms with Crippen molar-refractivity contribution in [2.24, 2.45) is 5.92 Å². The Bertz CT molecular complexity index is 75.7. The monoisotopic (exact) mass is 147 g/mol. The molecule has 2 heteroatoms. The highest BCUT2D eigenvalue weighted by Gasteiger charge is 2.07. The van der Waals surface area contributed by atoms with Gasteiger partial charge < -0.3 is 5.32 Å². The van der Waals surface area contributed by atoms with Crippen LogP contribution in [0, 0.1) is 5.92 Å². The average Bonchev–Trinajstić information content (AvgIpc) is 1.98. The van der Waals surface area contributed by atoms with Gasteiger partial charge in [-0.3, -0.25) is 0 Å². The molecular weight excluding hydrogens is 129 g/mol. The quantitative estimate of drug-likeness (QED) is 0.627. The fraction of sp³-hybridized carbons (Fsp3) is 1.00. The number of nitrogens with one attached hydrogen (secondary N) is 1. The summed E-state index contributed by atoms with van der Waals surface area (Å²) in [6.45, 7) is 6.66. The summed E-state index contributed by atoms with van der Waals surface area (Å²) in [5, 5.41) is 3.11. The molecule has 0 radical (unpaired) electrons. The minimum atomic E-state index is -0.263. The molecule has 0 saturated carbocycles. The Morgan fingerprint density at radius 2 is 2.00 bits per heavy atom. The molecule has 62 valence electrons. The maximum atomic E-state index is 11.7. The highest BCUT2D eigenvalue weighted by Crippen LogP contribution is 2.05. The van der Waals surface area contributed by atoms with Gasteiger partial charge in [0.05, 0.1) is 0 Å². The molecule has 2 unspecified atom stereocenters. The molecule has 0 aliphatic carbocycles. The van der Waals surface area contributed by atoms with E-state index in [4.69, 9.17) is 0 Å². The minimum absolute atomic E-state index is 0.263. The second-order valence-electron chi connectivity index (χ2n) is 2.82. The molecule has 1 N–H and O–H groups in total. The molecule has 0 bridgehead atoms. The lowest BCUT2D eigenvalue weighted by Crippen LogP contribution is -2.33. The first-order valence-corrected chi connectivity index (χ1v) is 4.01. The predicted molar refractivity (Wildman–Crippen MR) is 42.9 cm³/mol. The summed E-state index contributed by atoms with van der Waals surface area (Å²) >= 11 is 0. The van der Waals surface area contributed by atoms with Gasteiger partial charge in [0.2, 0.25) is 0 Å². The van der Waals surface area contributed by atoms with Crippen LogP contribution in [-0.2, 0) is 0 Å². The lowest BCUT2D eigenvalue weighted by molar-refractivity contribution is 0.365. The molecule has 2 atom stereocenters. The zero-order valence-corrected chi connectivity index (χ0v) is 7.15. The molecule has 10 heavy (non-hydrogen) atoms. The standard InChI is InChI=1S/C8H18FN/c1-4-7(2)8(3)10-6-5-9/h7-8,10H,4-6H2,1-3H3. The largest absolute Gasteiger partial charge is 0.311 e. The van der Waals surface area contributed by atoms with Crippen LogP contribution in [0.5, 0.6) is 0 Å². The van der Waals surface area contributed by atoms with Crippen molar-refractivity contribution in [2.45, 2.75) is 33.2 Å². The Kier molecular flexibility index (Phi) is 5.60. The van der Waals surface area contributed by atoms with Gasteiger partial charge in [0.25, 0.3) is 0 Å². The van der Waals surface area contributed by atoms with Gasteiger partial charge in [-0.2, -0.15) is 0 Å². The average molecular weight is 147 g/mol. The van der Waals surface area contributed by atoms with Crippen molar-refractivity contribution in [3.8, 4) is 0 Å². The van der Waals surface area contributed by atoms with E-state index in [1.54, 1.807) is 0 Å². The van der Waals surface area contributed by atoms with Gasteiger partial charge in [-0.1, -0.05) is 20.3 Å². The van der Waals surface area contributed by atoms with Crippen LogP contribution in [0.15, 0.2) is 0 Å². The third-order valence-corrected chi connectivity index (χ3v) is 2.06. The maximum absolute atomic E-state index is 11.7. The molecule has 0 aromatic rings. The summed E-state index contributed by atoms with van der Waals surface area (Å²) in [6.07, 6.45) is 1.15. The lowest BCUT2D eigenvalue weighted by atomic mass is 10.0. The van der Waals surface area contributed by atoms with Crippen molar-refractivity contribution >= 4 is 0 Å². The van der Waals surface area contributed by atoms with Gasteiger partial charge >= 0.3 is 0 Å². The van der Waals surface area contributed by atoms with E-state index in [9.17, 15) is 4.39 Å². The molecule has 0 aliphatic heterocycles. The third kappa shape index (κ3) is 3.83. The van der Waals surface area contributed by atoms with E-state index in [1.807, 2.05) is 0 Å². The van der Waals surface area contributed by atoms with Gasteiger partial charge in [0.1, 0.15) is 6.67 Å². The van der Waals surface area contributed by atoms with E-state index in [-0.39, 0.29) is 6.67 Å². The molecule has 0 aromatic heterocycles. The fourth-order valence-electron chi connectivity index (χ4n) is 0.837. The molecule has 0 fully saturated rings. The van der Waals surface area contributed by atoms with E-state index in [0.717, 1.165) is 6.42 Å². The van der Waals surface area contributed by atoms with Gasteiger partial charge in [0, 0.05) is 12.6 Å². The molecule has 0 amide bonds. The summed E-state index contributed by atoms with van der Waals surface area (Å²) in [6, 6.07) is 0.445. The Balaban J connectivity index is 3.31. The Morgan fingerprint density at radius 1 is 1.40 bits per heavy atom. The molecule has 0 heterocycles. The summed E-state index contributed by atoms with van der Waals surface area (Å²) in [4.78, 5) is 0. The van der Waals surface area contributed by atoms with Crippen molar-refractivity contribution in [3.63, 3.8) is 0 Å². The fourth-order valence-corrected chi connectivity index (χ4v) is 0.837. The van der Waals surface area contributed by atoms with Gasteiger partial charge in [-0.25, -0.2) is 4.39 Å². The topological polar surface area (TPSA) is 12.0 Å². The second-order valence-corrected chi connectivity index (χ2v) is 2.82. The number of halogens is 1. The summed E-state index contributed by atoms with van der Waals surface area (Å²) in [7, 11) is 0. The first-order chi connectivity index (χ1) is 4.72. The minimum Gasteiger partial charge on any atom is -0.311 e. The number of hydrogen-bond donors (Lipinski definition) is 1. The van der Waals surface area contributed by atoms with Crippen LogP contribution in [-0.4, -0.2) is 19.3 Å². The van der Waals surface area contributed by atoms with Gasteiger partial charge in [-0.05, 0) is 12.8 Å². The SMILES string of the molecule is CCC(C)C(C)NCCF. The molecule has 0 rings (SSSR count). The number of rotatable bonds is 5. The number of alkyl halides is 1. The Labute approximate surface area is 63.0 Å². The second kappa shape index (κ2) is 5.66. The number of hydrogen-bond acceptors (Lipinski definition) is 1. The van der Waals surface area contributed by atoms with Crippen LogP contribution in [0.3, 0.4) is 0 Å². The van der Waals surface area contributed by atoms with Crippen molar-refractivity contribution in [1.29, 1.82) is 0 Å². The van der Waals surface area contributed by atoms with E-state index in [0.29, 0.717) is 18.5 Å². The lowest BCUT2D eigenvalue weighted by Gasteiger charge is -2.18. The molecule has 0 aliphatic rings. The maximum Gasteiger partial charge on any atom is 0.102 e. The highest BCUT2D eigenvalue weighted by molar-refractivity contribution is 4.66. The zero-order valence-electron chi connectivity index (χ0n) is 7.15. The Hall–Kier alpha value is -0.110. The van der Waals surface area contributed by atoms with Crippen LogP contribution >= 0.6 is 0 Å². The van der Waals surface area contributed by atoms with Crippen molar-refractivity contribution in [2.75, 3.05) is 13.2 Å². The normalized spacial score (nSPS) is 16.8. The van der Waals surface area contributed by atoms with Gasteiger partial charge in [0.15, 0.2) is 0 Å². The summed E-state index contributed by atoms with van der Waals surface area (Å²) in [5.74, 6) is 0.645. The first kappa shape index (κ1) is 9.89. The highest BCUT2D eigenvalue weighted by atomic mass is 19.1. The van der Waals surface area contributed by atoms with E-state index >= 15 is 0 Å². The molecule has 0 aromatic carbocycles. The third-order valence-electron chi connectivity index (χ3n) is 2.06. The predicted octanol–water partition coefficient (Wildman–Crippen LogP) is 1.98. The van der Waals surface area contributed by atoms with Crippen molar-refractivity contribution < 1.29 is 4.39 Å². The van der Waals surface area contributed by atoms with E-state index < -0.39 is 0 Å². The summed E-state index contributed by atoms with van der Waals surface area (Å²) in [5.41, 5.74) is 0. The molecular formula is C8H18FN. The zero-order chi connectivity index (χ0) is 7.98. The van der Waals surface area contributed by atoms with Crippen LogP contribution < -0.4 is 5.32 Å². The van der Waals surface area contributed by atoms with Crippen molar-refractivity contribution in [1.82, 2.24) is 5.32 Å².